The number of carbonyl (C=O) groups excluding carboxylic acids is 1. The number of para-hydroxylation sites is 1. The van der Waals surface area contributed by atoms with Crippen molar-refractivity contribution in [3.8, 4) is 17.2 Å². The predicted octanol–water partition coefficient (Wildman–Crippen LogP) is 1.46. The molecule has 0 bridgehead atoms. The van der Waals surface area contributed by atoms with Crippen LogP contribution >= 0.6 is 0 Å². The Morgan fingerprint density at radius 2 is 1.82 bits per heavy atom. The molecule has 1 aliphatic heterocycles. The first-order chi connectivity index (χ1) is 10.7. The summed E-state index contributed by atoms with van der Waals surface area (Å²) in [6.45, 7) is 1.48. The minimum atomic E-state index is -0.279. The van der Waals surface area contributed by atoms with E-state index in [1.165, 1.54) is 0 Å². The predicted molar refractivity (Wildman–Crippen MR) is 81.5 cm³/mol. The topological polar surface area (TPSA) is 68.2 Å². The fraction of sp³-hybridized carbons (Fsp3) is 0.562. The monoisotopic (exact) mass is 309 g/mol. The fourth-order valence-electron chi connectivity index (χ4n) is 2.47. The number of aliphatic hydroxyl groups is 1. The molecule has 22 heavy (non-hydrogen) atoms. The van der Waals surface area contributed by atoms with Crippen LogP contribution in [-0.2, 0) is 4.79 Å². The Balaban J connectivity index is 1.87. The van der Waals surface area contributed by atoms with Crippen molar-refractivity contribution >= 4 is 5.91 Å². The molecular weight excluding hydrogens is 286 g/mol. The van der Waals surface area contributed by atoms with Gasteiger partial charge in [0.15, 0.2) is 11.5 Å². The van der Waals surface area contributed by atoms with E-state index in [4.69, 9.17) is 14.2 Å². The maximum atomic E-state index is 12.1. The first kappa shape index (κ1) is 16.4. The van der Waals surface area contributed by atoms with Crippen molar-refractivity contribution in [3.05, 3.63) is 18.2 Å². The van der Waals surface area contributed by atoms with Gasteiger partial charge in [-0.3, -0.25) is 4.79 Å². The van der Waals surface area contributed by atoms with Gasteiger partial charge in [-0.1, -0.05) is 6.07 Å². The summed E-state index contributed by atoms with van der Waals surface area (Å²) in [6.07, 6.45) is 1.30. The summed E-state index contributed by atoms with van der Waals surface area (Å²) in [7, 11) is 3.12. The van der Waals surface area contributed by atoms with Crippen LogP contribution in [0.1, 0.15) is 19.3 Å². The van der Waals surface area contributed by atoms with Crippen LogP contribution in [0.5, 0.6) is 17.2 Å². The molecule has 6 nitrogen and oxygen atoms in total. The number of hydrogen-bond acceptors (Lipinski definition) is 5. The SMILES string of the molecule is COc1cccc(OC)c1OCCC(=O)N1CCC(O)CC1. The van der Waals surface area contributed by atoms with Gasteiger partial charge in [0.1, 0.15) is 0 Å². The molecule has 0 aromatic heterocycles. The van der Waals surface area contributed by atoms with E-state index in [1.807, 2.05) is 6.07 Å². The number of carbonyl (C=O) groups is 1. The molecule has 0 unspecified atom stereocenters. The van der Waals surface area contributed by atoms with E-state index < -0.39 is 0 Å². The zero-order valence-electron chi connectivity index (χ0n) is 13.1. The van der Waals surface area contributed by atoms with Gasteiger partial charge in [-0.25, -0.2) is 0 Å². The van der Waals surface area contributed by atoms with Crippen molar-refractivity contribution in [3.63, 3.8) is 0 Å². The minimum Gasteiger partial charge on any atom is -0.493 e. The molecule has 0 atom stereocenters. The van der Waals surface area contributed by atoms with E-state index in [0.29, 0.717) is 43.2 Å². The van der Waals surface area contributed by atoms with Gasteiger partial charge in [0.2, 0.25) is 11.7 Å². The molecule has 1 fully saturated rings. The highest BCUT2D eigenvalue weighted by molar-refractivity contribution is 5.76. The molecule has 1 aromatic carbocycles. The lowest BCUT2D eigenvalue weighted by Crippen LogP contribution is -2.40. The molecule has 0 spiro atoms. The lowest BCUT2D eigenvalue weighted by Gasteiger charge is -2.29. The van der Waals surface area contributed by atoms with E-state index in [1.54, 1.807) is 31.3 Å². The molecular formula is C16H23NO5. The molecule has 1 aromatic rings. The first-order valence-electron chi connectivity index (χ1n) is 7.45. The summed E-state index contributed by atoms with van der Waals surface area (Å²) >= 11 is 0. The number of piperidine rings is 1. The van der Waals surface area contributed by atoms with Crippen molar-refractivity contribution in [1.82, 2.24) is 4.90 Å². The third-order valence-electron chi connectivity index (χ3n) is 3.76. The van der Waals surface area contributed by atoms with E-state index in [-0.39, 0.29) is 25.0 Å². The second kappa shape index (κ2) is 7.89. The second-order valence-corrected chi connectivity index (χ2v) is 5.20. The van der Waals surface area contributed by atoms with Crippen LogP contribution in [0.2, 0.25) is 0 Å². The summed E-state index contributed by atoms with van der Waals surface area (Å²) in [5.74, 6) is 1.70. The Morgan fingerprint density at radius 1 is 1.23 bits per heavy atom. The summed E-state index contributed by atoms with van der Waals surface area (Å²) < 4.78 is 16.2. The number of benzene rings is 1. The number of hydrogen-bond donors (Lipinski definition) is 1. The number of nitrogens with zero attached hydrogens (tertiary/aromatic N) is 1. The van der Waals surface area contributed by atoms with Crippen LogP contribution < -0.4 is 14.2 Å². The van der Waals surface area contributed by atoms with Gasteiger partial charge < -0.3 is 24.2 Å². The molecule has 0 aliphatic carbocycles. The van der Waals surface area contributed by atoms with Gasteiger partial charge in [0.05, 0.1) is 33.4 Å². The van der Waals surface area contributed by atoms with Crippen LogP contribution in [-0.4, -0.2) is 55.9 Å². The lowest BCUT2D eigenvalue weighted by atomic mass is 10.1. The van der Waals surface area contributed by atoms with Gasteiger partial charge in [-0.15, -0.1) is 0 Å². The Morgan fingerprint density at radius 3 is 2.36 bits per heavy atom. The Kier molecular flexibility index (Phi) is 5.89. The molecule has 1 amide bonds. The number of ether oxygens (including phenoxy) is 3. The van der Waals surface area contributed by atoms with E-state index in [2.05, 4.69) is 0 Å². The quantitative estimate of drug-likeness (QED) is 0.861. The number of methoxy groups -OCH3 is 2. The number of amides is 1. The molecule has 1 N–H and O–H groups in total. The third-order valence-corrected chi connectivity index (χ3v) is 3.76. The molecule has 1 heterocycles. The lowest BCUT2D eigenvalue weighted by molar-refractivity contribution is -0.133. The highest BCUT2D eigenvalue weighted by Gasteiger charge is 2.21. The van der Waals surface area contributed by atoms with E-state index in [0.717, 1.165) is 0 Å². The highest BCUT2D eigenvalue weighted by Crippen LogP contribution is 2.36. The molecule has 6 heteroatoms. The zero-order valence-corrected chi connectivity index (χ0v) is 13.1. The Bertz CT molecular complexity index is 475. The first-order valence-corrected chi connectivity index (χ1v) is 7.45. The number of likely N-dealkylation sites (tertiary alicyclic amines) is 1. The molecule has 1 aliphatic rings. The molecule has 0 radical (unpaired) electrons. The van der Waals surface area contributed by atoms with E-state index >= 15 is 0 Å². The average molecular weight is 309 g/mol. The van der Waals surface area contributed by atoms with Gasteiger partial charge in [-0.2, -0.15) is 0 Å². The maximum absolute atomic E-state index is 12.1. The summed E-state index contributed by atoms with van der Waals surface area (Å²) in [4.78, 5) is 13.9. The van der Waals surface area contributed by atoms with Crippen molar-refractivity contribution in [2.24, 2.45) is 0 Å². The maximum Gasteiger partial charge on any atom is 0.226 e. The van der Waals surface area contributed by atoms with Crippen LogP contribution in [0, 0.1) is 0 Å². The second-order valence-electron chi connectivity index (χ2n) is 5.20. The van der Waals surface area contributed by atoms with Gasteiger partial charge in [0.25, 0.3) is 0 Å². The van der Waals surface area contributed by atoms with Crippen LogP contribution in [0.4, 0.5) is 0 Å². The average Bonchev–Trinajstić information content (AvgIpc) is 2.55. The van der Waals surface area contributed by atoms with E-state index in [9.17, 15) is 9.90 Å². The third kappa shape index (κ3) is 4.04. The summed E-state index contributed by atoms with van der Waals surface area (Å²) in [5.41, 5.74) is 0. The van der Waals surface area contributed by atoms with Crippen LogP contribution in [0.25, 0.3) is 0 Å². The van der Waals surface area contributed by atoms with Gasteiger partial charge in [0, 0.05) is 13.1 Å². The molecule has 2 rings (SSSR count). The van der Waals surface area contributed by atoms with Gasteiger partial charge in [-0.05, 0) is 25.0 Å². The van der Waals surface area contributed by atoms with Crippen molar-refractivity contribution in [1.29, 1.82) is 0 Å². The minimum absolute atomic E-state index is 0.0424. The highest BCUT2D eigenvalue weighted by atomic mass is 16.5. The van der Waals surface area contributed by atoms with Crippen LogP contribution in [0.15, 0.2) is 18.2 Å². The summed E-state index contributed by atoms with van der Waals surface area (Å²) in [5, 5.41) is 9.46. The largest absolute Gasteiger partial charge is 0.493 e. The molecule has 122 valence electrons. The normalized spacial score (nSPS) is 15.5. The molecule has 0 saturated carbocycles. The van der Waals surface area contributed by atoms with Crippen LogP contribution in [0.3, 0.4) is 0 Å². The Hall–Kier alpha value is -1.95. The Labute approximate surface area is 130 Å². The summed E-state index contributed by atoms with van der Waals surface area (Å²) in [6, 6.07) is 5.38. The van der Waals surface area contributed by atoms with Gasteiger partial charge >= 0.3 is 0 Å². The van der Waals surface area contributed by atoms with Crippen molar-refractivity contribution < 1.29 is 24.1 Å². The number of rotatable bonds is 6. The van der Waals surface area contributed by atoms with Crippen molar-refractivity contribution in [2.75, 3.05) is 33.9 Å². The number of aliphatic hydroxyl groups excluding tert-OH is 1. The fourth-order valence-corrected chi connectivity index (χ4v) is 2.47. The zero-order chi connectivity index (χ0) is 15.9. The molecule has 1 saturated heterocycles. The van der Waals surface area contributed by atoms with Crippen molar-refractivity contribution in [2.45, 2.75) is 25.4 Å². The smallest absolute Gasteiger partial charge is 0.226 e. The standard InChI is InChI=1S/C16H23NO5/c1-20-13-4-3-5-14(21-2)16(13)22-11-8-15(19)17-9-6-12(18)7-10-17/h3-5,12,18H,6-11H2,1-2H3.